The first-order chi connectivity index (χ1) is 20.0. The topological polar surface area (TPSA) is 91.3 Å². The van der Waals surface area contributed by atoms with Gasteiger partial charge in [0.25, 0.3) is 9.70 Å². The Bertz CT molecular complexity index is 1340. The minimum absolute atomic E-state index is 0.0291. The Labute approximate surface area is 265 Å². The van der Waals surface area contributed by atoms with Gasteiger partial charge in [0, 0.05) is 42.3 Å². The molecular weight excluding hydrogens is 622 g/mol. The quantitative estimate of drug-likeness (QED) is 0.247. The van der Waals surface area contributed by atoms with Gasteiger partial charge in [0.1, 0.15) is 0 Å². The maximum Gasteiger partial charge on any atom is 0.276 e. The first-order valence-electron chi connectivity index (χ1n) is 13.7. The Morgan fingerprint density at radius 3 is 2.14 bits per heavy atom. The number of hydrogen-bond acceptors (Lipinski definition) is 6. The van der Waals surface area contributed by atoms with Gasteiger partial charge in [-0.2, -0.15) is 0 Å². The van der Waals surface area contributed by atoms with E-state index in [1.54, 1.807) is 24.3 Å². The average Bonchev–Trinajstić information content (AvgIpc) is 2.98. The zero-order valence-electron chi connectivity index (χ0n) is 22.7. The number of carbonyl (C=O) groups is 1. The maximum absolute atomic E-state index is 12.0. The van der Waals surface area contributed by atoms with Gasteiger partial charge in [0.05, 0.1) is 24.4 Å². The van der Waals surface area contributed by atoms with E-state index in [1.165, 1.54) is 0 Å². The summed E-state index contributed by atoms with van der Waals surface area (Å²) in [6.45, 7) is 2.09. The Morgan fingerprint density at radius 1 is 0.929 bits per heavy atom. The molecule has 3 unspecified atom stereocenters. The van der Waals surface area contributed by atoms with Crippen LogP contribution in [0.25, 0.3) is 0 Å². The molecule has 2 heterocycles. The molecule has 0 bridgehead atoms. The third kappa shape index (κ3) is 7.78. The van der Waals surface area contributed by atoms with Crippen molar-refractivity contribution in [3.8, 4) is 0 Å². The molecule has 3 N–H and O–H groups in total. The van der Waals surface area contributed by atoms with Gasteiger partial charge < -0.3 is 29.9 Å². The van der Waals surface area contributed by atoms with Crippen LogP contribution in [0.2, 0.25) is 5.02 Å². The molecule has 3 atom stereocenters. The number of carbonyl (C=O) groups excluding carboxylic acids is 1. The highest BCUT2D eigenvalue weighted by atomic mass is 35.6. The number of hydrogen-bond donors (Lipinski definition) is 3. The molecular formula is C31H32Cl4N2O5. The number of nitrogens with one attached hydrogen (secondary N) is 1. The first-order valence-corrected chi connectivity index (χ1v) is 15.2. The fourth-order valence-corrected chi connectivity index (χ4v) is 5.67. The van der Waals surface area contributed by atoms with Crippen LogP contribution in [-0.2, 0) is 26.5 Å². The molecule has 1 amide bonds. The molecule has 0 aliphatic carbocycles. The predicted molar refractivity (Wildman–Crippen MR) is 165 cm³/mol. The summed E-state index contributed by atoms with van der Waals surface area (Å²) < 4.78 is 10.8. The van der Waals surface area contributed by atoms with Crippen molar-refractivity contribution in [1.82, 2.24) is 4.90 Å². The van der Waals surface area contributed by atoms with Crippen LogP contribution in [0.3, 0.4) is 0 Å². The summed E-state index contributed by atoms with van der Waals surface area (Å²) in [7, 11) is 0. The number of nitrogens with zero attached hydrogens (tertiary/aromatic N) is 1. The number of likely N-dealkylation sites (tertiary alicyclic amines) is 1. The van der Waals surface area contributed by atoms with E-state index in [0.29, 0.717) is 36.5 Å². The van der Waals surface area contributed by atoms with Gasteiger partial charge in [-0.3, -0.25) is 4.79 Å². The molecule has 2 aliphatic rings. The van der Waals surface area contributed by atoms with Crippen LogP contribution in [0.5, 0.6) is 0 Å². The summed E-state index contributed by atoms with van der Waals surface area (Å²) in [6, 6.07) is 22.1. The zero-order chi connectivity index (χ0) is 29.9. The van der Waals surface area contributed by atoms with Crippen LogP contribution >= 0.6 is 46.4 Å². The molecule has 0 spiro atoms. The number of benzene rings is 3. The smallest absolute Gasteiger partial charge is 0.276 e. The molecule has 3 aromatic rings. The van der Waals surface area contributed by atoms with Crippen molar-refractivity contribution in [2.45, 2.75) is 53.8 Å². The summed E-state index contributed by atoms with van der Waals surface area (Å²) in [5.74, 6) is -0.749. The number of aliphatic hydroxyl groups excluding tert-OH is 1. The maximum atomic E-state index is 12.0. The van der Waals surface area contributed by atoms with Gasteiger partial charge in [-0.25, -0.2) is 0 Å². The number of aliphatic hydroxyl groups is 2. The van der Waals surface area contributed by atoms with Gasteiger partial charge in [-0.05, 0) is 53.8 Å². The Balaban J connectivity index is 1.29. The first kappa shape index (κ1) is 31.5. The summed E-state index contributed by atoms with van der Waals surface area (Å²) in [4.78, 5) is 14.4. The minimum Gasteiger partial charge on any atom is -0.392 e. The third-order valence-corrected chi connectivity index (χ3v) is 8.61. The Kier molecular flexibility index (Phi) is 10.0. The number of ether oxygens (including phenoxy) is 2. The fourth-order valence-electron chi connectivity index (χ4n) is 5.40. The van der Waals surface area contributed by atoms with Crippen LogP contribution in [0.4, 0.5) is 5.69 Å². The van der Waals surface area contributed by atoms with Crippen molar-refractivity contribution >= 4 is 58.0 Å². The van der Waals surface area contributed by atoms with Crippen LogP contribution in [0, 0.1) is 0 Å². The molecule has 224 valence electrons. The zero-order valence-corrected chi connectivity index (χ0v) is 25.7. The number of amides is 1. The molecule has 5 rings (SSSR count). The lowest BCUT2D eigenvalue weighted by atomic mass is 9.84. The number of rotatable bonds is 7. The van der Waals surface area contributed by atoms with Crippen LogP contribution in [0.1, 0.15) is 53.9 Å². The second kappa shape index (κ2) is 13.4. The van der Waals surface area contributed by atoms with E-state index in [0.717, 1.165) is 35.3 Å². The monoisotopic (exact) mass is 652 g/mol. The molecule has 11 heteroatoms. The number of halogens is 4. The van der Waals surface area contributed by atoms with Gasteiger partial charge in [-0.15, -0.1) is 0 Å². The molecule has 0 radical (unpaired) electrons. The van der Waals surface area contributed by atoms with E-state index >= 15 is 0 Å². The summed E-state index contributed by atoms with van der Waals surface area (Å²) in [6.07, 6.45) is 0.825. The lowest BCUT2D eigenvalue weighted by Gasteiger charge is -2.42. The Hall–Kier alpha value is -1.91. The van der Waals surface area contributed by atoms with Crippen molar-refractivity contribution < 1.29 is 24.5 Å². The van der Waals surface area contributed by atoms with E-state index in [4.69, 9.17) is 55.9 Å². The second-order valence-electron chi connectivity index (χ2n) is 10.8. The highest BCUT2D eigenvalue weighted by Crippen LogP contribution is 2.40. The molecule has 0 aromatic heterocycles. The SMILES string of the molecule is O=C(Nc1ccc(C2OC(CN3CCC(O)(c4ccc(Cl)cc4)CC3)CC(c3ccc(CO)cc3)O2)cc1)C(Cl)(Cl)Cl. The Morgan fingerprint density at radius 2 is 1.55 bits per heavy atom. The van der Waals surface area contributed by atoms with Gasteiger partial charge in [0.2, 0.25) is 0 Å². The molecule has 2 fully saturated rings. The fraction of sp³-hybridized carbons (Fsp3) is 0.387. The van der Waals surface area contributed by atoms with Crippen LogP contribution in [-0.4, -0.2) is 50.6 Å². The highest BCUT2D eigenvalue weighted by Gasteiger charge is 2.37. The second-order valence-corrected chi connectivity index (χ2v) is 13.5. The highest BCUT2D eigenvalue weighted by molar-refractivity contribution is 6.76. The van der Waals surface area contributed by atoms with Crippen LogP contribution < -0.4 is 5.32 Å². The molecule has 0 saturated carbocycles. The number of alkyl halides is 3. The van der Waals surface area contributed by atoms with E-state index < -0.39 is 21.6 Å². The van der Waals surface area contributed by atoms with Crippen LogP contribution in [0.15, 0.2) is 72.8 Å². The summed E-state index contributed by atoms with van der Waals surface area (Å²) in [5, 5.41) is 24.0. The van der Waals surface area contributed by atoms with Crippen molar-refractivity contribution in [2.24, 2.45) is 0 Å². The van der Waals surface area contributed by atoms with Crippen molar-refractivity contribution in [3.63, 3.8) is 0 Å². The van der Waals surface area contributed by atoms with Crippen molar-refractivity contribution in [3.05, 3.63) is 100 Å². The van der Waals surface area contributed by atoms with Gasteiger partial charge >= 0.3 is 0 Å². The lowest BCUT2D eigenvalue weighted by molar-refractivity contribution is -0.253. The average molecular weight is 654 g/mol. The van der Waals surface area contributed by atoms with Crippen molar-refractivity contribution in [1.29, 1.82) is 0 Å². The van der Waals surface area contributed by atoms with E-state index in [-0.39, 0.29) is 18.8 Å². The molecule has 3 aromatic carbocycles. The minimum atomic E-state index is -2.07. The largest absolute Gasteiger partial charge is 0.392 e. The summed E-state index contributed by atoms with van der Waals surface area (Å²) >= 11 is 23.1. The predicted octanol–water partition coefficient (Wildman–Crippen LogP) is 6.67. The van der Waals surface area contributed by atoms with Crippen molar-refractivity contribution in [2.75, 3.05) is 25.0 Å². The molecule has 2 saturated heterocycles. The number of anilines is 1. The molecule has 2 aliphatic heterocycles. The van der Waals surface area contributed by atoms with Gasteiger partial charge in [0.15, 0.2) is 6.29 Å². The van der Waals surface area contributed by atoms with E-state index in [9.17, 15) is 15.0 Å². The third-order valence-electron chi connectivity index (χ3n) is 7.84. The van der Waals surface area contributed by atoms with E-state index in [1.807, 2.05) is 48.5 Å². The normalized spacial score (nSPS) is 23.0. The standard InChI is InChI=1S/C31H32Cl4N2O5/c32-24-9-7-23(8-10-24)30(40)13-15-37(16-14-30)18-26-17-27(21-3-1-20(19-38)2-4-21)42-28(41-26)22-5-11-25(12-6-22)36-29(39)31(33,34)35/h1-12,26-28,38,40H,13-19H2,(H,36,39). The lowest BCUT2D eigenvalue weighted by Crippen LogP contribution is -2.46. The number of piperidine rings is 1. The van der Waals surface area contributed by atoms with Gasteiger partial charge in [-0.1, -0.05) is 94.9 Å². The summed E-state index contributed by atoms with van der Waals surface area (Å²) in [5.41, 5.74) is 3.07. The molecule has 42 heavy (non-hydrogen) atoms. The molecule has 7 nitrogen and oxygen atoms in total. The van der Waals surface area contributed by atoms with E-state index in [2.05, 4.69) is 10.2 Å².